The topological polar surface area (TPSA) is 12.0 Å². The van der Waals surface area contributed by atoms with Gasteiger partial charge in [-0.15, -0.1) is 0 Å². The maximum Gasteiger partial charge on any atom is 0.182 e. The molecule has 1 nitrogen and oxygen atoms in total. The maximum atomic E-state index is 13.7. The molecular formula is C15H12Cl2F3N. The van der Waals surface area contributed by atoms with Gasteiger partial charge >= 0.3 is 0 Å². The van der Waals surface area contributed by atoms with E-state index in [4.69, 9.17) is 23.2 Å². The summed E-state index contributed by atoms with van der Waals surface area (Å²) in [5, 5.41) is 3.55. The molecule has 1 atom stereocenters. The van der Waals surface area contributed by atoms with E-state index in [0.717, 1.165) is 11.6 Å². The first-order chi connectivity index (χ1) is 9.92. The number of nitrogens with one attached hydrogen (secondary N) is 1. The first-order valence-electron chi connectivity index (χ1n) is 6.28. The Kier molecular flexibility index (Phi) is 5.01. The van der Waals surface area contributed by atoms with Crippen molar-refractivity contribution in [1.29, 1.82) is 0 Å². The van der Waals surface area contributed by atoms with Gasteiger partial charge in [0.1, 0.15) is 5.82 Å². The Morgan fingerprint density at radius 3 is 2.38 bits per heavy atom. The average Bonchev–Trinajstić information content (AvgIpc) is 2.44. The molecule has 0 aliphatic carbocycles. The summed E-state index contributed by atoms with van der Waals surface area (Å²) in [5.74, 6) is -3.20. The van der Waals surface area contributed by atoms with Crippen LogP contribution < -0.4 is 5.32 Å². The van der Waals surface area contributed by atoms with Crippen LogP contribution in [0.25, 0.3) is 0 Å². The molecule has 0 aromatic heterocycles. The number of anilines is 1. The van der Waals surface area contributed by atoms with Gasteiger partial charge in [-0.2, -0.15) is 0 Å². The molecule has 112 valence electrons. The van der Waals surface area contributed by atoms with Crippen molar-refractivity contribution in [2.75, 3.05) is 5.32 Å². The van der Waals surface area contributed by atoms with Gasteiger partial charge < -0.3 is 5.32 Å². The van der Waals surface area contributed by atoms with Crippen LogP contribution in [0.5, 0.6) is 0 Å². The summed E-state index contributed by atoms with van der Waals surface area (Å²) in [4.78, 5) is 0. The molecule has 0 saturated carbocycles. The summed E-state index contributed by atoms with van der Waals surface area (Å²) in [5.41, 5.74) is 0.515. The highest BCUT2D eigenvalue weighted by Gasteiger charge is 2.16. The summed E-state index contributed by atoms with van der Waals surface area (Å²) in [7, 11) is 0. The second kappa shape index (κ2) is 6.58. The van der Waals surface area contributed by atoms with Crippen molar-refractivity contribution in [1.82, 2.24) is 0 Å². The molecule has 2 rings (SSSR count). The summed E-state index contributed by atoms with van der Waals surface area (Å²) >= 11 is 11.8. The third kappa shape index (κ3) is 3.63. The van der Waals surface area contributed by atoms with Crippen molar-refractivity contribution in [3.05, 3.63) is 63.4 Å². The van der Waals surface area contributed by atoms with Gasteiger partial charge in [-0.25, -0.2) is 13.2 Å². The van der Waals surface area contributed by atoms with Crippen LogP contribution in [0.2, 0.25) is 10.0 Å². The molecule has 0 saturated heterocycles. The van der Waals surface area contributed by atoms with Crippen LogP contribution in [0.15, 0.2) is 30.3 Å². The van der Waals surface area contributed by atoms with E-state index in [1.54, 1.807) is 18.2 Å². The van der Waals surface area contributed by atoms with Crippen molar-refractivity contribution in [3.8, 4) is 0 Å². The minimum absolute atomic E-state index is 0.231. The molecule has 0 amide bonds. The fraction of sp³-hybridized carbons (Fsp3) is 0.200. The summed E-state index contributed by atoms with van der Waals surface area (Å²) in [6.45, 7) is 1.85. The highest BCUT2D eigenvalue weighted by molar-refractivity contribution is 6.42. The quantitative estimate of drug-likeness (QED) is 0.679. The number of halogens is 5. The Morgan fingerprint density at radius 1 is 1.05 bits per heavy atom. The van der Waals surface area contributed by atoms with Crippen molar-refractivity contribution in [3.63, 3.8) is 0 Å². The van der Waals surface area contributed by atoms with Crippen LogP contribution in [-0.4, -0.2) is 0 Å². The lowest BCUT2D eigenvalue weighted by atomic mass is 10.0. The monoisotopic (exact) mass is 333 g/mol. The molecule has 0 radical (unpaired) electrons. The highest BCUT2D eigenvalue weighted by atomic mass is 35.5. The van der Waals surface area contributed by atoms with Gasteiger partial charge in [0.15, 0.2) is 11.6 Å². The van der Waals surface area contributed by atoms with Crippen LogP contribution in [-0.2, 0) is 0 Å². The minimum atomic E-state index is -1.23. The second-order valence-corrected chi connectivity index (χ2v) is 5.34. The molecule has 0 fully saturated rings. The van der Waals surface area contributed by atoms with Crippen LogP contribution in [0.4, 0.5) is 18.9 Å². The van der Waals surface area contributed by atoms with Gasteiger partial charge in [0, 0.05) is 12.1 Å². The van der Waals surface area contributed by atoms with Crippen LogP contribution in [0.1, 0.15) is 24.9 Å². The van der Waals surface area contributed by atoms with Gasteiger partial charge in [0.25, 0.3) is 0 Å². The van der Waals surface area contributed by atoms with Gasteiger partial charge in [-0.05, 0) is 24.1 Å². The molecule has 0 bridgehead atoms. The number of hydrogen-bond acceptors (Lipinski definition) is 1. The number of rotatable bonds is 4. The molecule has 2 aromatic carbocycles. The summed E-state index contributed by atoms with van der Waals surface area (Å²) in [6, 6.07) is 6.04. The van der Waals surface area contributed by atoms with Crippen molar-refractivity contribution < 1.29 is 13.2 Å². The first kappa shape index (κ1) is 16.0. The Bertz CT molecular complexity index is 662. The van der Waals surface area contributed by atoms with Gasteiger partial charge in [0.05, 0.1) is 21.8 Å². The SMILES string of the molecule is CCC(Nc1cc(F)cc(F)c1F)c1ccc(Cl)c(Cl)c1. The van der Waals surface area contributed by atoms with E-state index in [9.17, 15) is 13.2 Å². The fourth-order valence-electron chi connectivity index (χ4n) is 2.00. The summed E-state index contributed by atoms with van der Waals surface area (Å²) in [6.07, 6.45) is 0.565. The van der Waals surface area contributed by atoms with E-state index < -0.39 is 17.5 Å². The average molecular weight is 334 g/mol. The third-order valence-electron chi connectivity index (χ3n) is 3.08. The predicted molar refractivity (Wildman–Crippen MR) is 79.4 cm³/mol. The van der Waals surface area contributed by atoms with E-state index in [0.29, 0.717) is 22.5 Å². The predicted octanol–water partition coefficient (Wildman–Crippen LogP) is 5.97. The third-order valence-corrected chi connectivity index (χ3v) is 3.82. The van der Waals surface area contributed by atoms with Gasteiger partial charge in [-0.3, -0.25) is 0 Å². The van der Waals surface area contributed by atoms with E-state index >= 15 is 0 Å². The molecule has 6 heteroatoms. The Hall–Kier alpha value is -1.39. The van der Waals surface area contributed by atoms with Crippen molar-refractivity contribution in [2.24, 2.45) is 0 Å². The highest BCUT2D eigenvalue weighted by Crippen LogP contribution is 2.30. The zero-order chi connectivity index (χ0) is 15.6. The number of hydrogen-bond donors (Lipinski definition) is 1. The molecule has 1 N–H and O–H groups in total. The molecule has 0 aliphatic heterocycles. The Balaban J connectivity index is 2.33. The lowest BCUT2D eigenvalue weighted by molar-refractivity contribution is 0.496. The zero-order valence-electron chi connectivity index (χ0n) is 11.1. The van der Waals surface area contributed by atoms with E-state index in [-0.39, 0.29) is 11.7 Å². The van der Waals surface area contributed by atoms with Crippen molar-refractivity contribution >= 4 is 28.9 Å². The van der Waals surface area contributed by atoms with Gasteiger partial charge in [-0.1, -0.05) is 36.2 Å². The van der Waals surface area contributed by atoms with Crippen molar-refractivity contribution in [2.45, 2.75) is 19.4 Å². The van der Waals surface area contributed by atoms with E-state index in [1.165, 1.54) is 0 Å². The molecule has 2 aromatic rings. The zero-order valence-corrected chi connectivity index (χ0v) is 12.6. The molecule has 0 heterocycles. The Labute approximate surface area is 130 Å². The maximum absolute atomic E-state index is 13.7. The smallest absolute Gasteiger partial charge is 0.182 e. The first-order valence-corrected chi connectivity index (χ1v) is 7.04. The normalized spacial score (nSPS) is 12.3. The molecule has 0 spiro atoms. The van der Waals surface area contributed by atoms with Crippen LogP contribution >= 0.6 is 23.2 Å². The lowest BCUT2D eigenvalue weighted by Crippen LogP contribution is -2.12. The van der Waals surface area contributed by atoms with E-state index in [1.807, 2.05) is 6.92 Å². The second-order valence-electron chi connectivity index (χ2n) is 4.53. The molecular weight excluding hydrogens is 322 g/mol. The summed E-state index contributed by atoms with van der Waals surface area (Å²) < 4.78 is 40.1. The lowest BCUT2D eigenvalue weighted by Gasteiger charge is -2.20. The van der Waals surface area contributed by atoms with Gasteiger partial charge in [0.2, 0.25) is 0 Å². The standard InChI is InChI=1S/C15H12Cl2F3N/c1-2-13(8-3-4-10(16)11(17)5-8)21-14-7-9(18)6-12(19)15(14)20/h3-7,13,21H,2H2,1H3. The van der Waals surface area contributed by atoms with Crippen LogP contribution in [0.3, 0.4) is 0 Å². The molecule has 0 aliphatic rings. The van der Waals surface area contributed by atoms with Crippen LogP contribution in [0, 0.1) is 17.5 Å². The fourth-order valence-corrected chi connectivity index (χ4v) is 2.31. The molecule has 1 unspecified atom stereocenters. The largest absolute Gasteiger partial charge is 0.376 e. The number of benzene rings is 2. The van der Waals surface area contributed by atoms with E-state index in [2.05, 4.69) is 5.32 Å². The Morgan fingerprint density at radius 2 is 1.76 bits per heavy atom. The molecule has 21 heavy (non-hydrogen) atoms. The minimum Gasteiger partial charge on any atom is -0.376 e.